The van der Waals surface area contributed by atoms with Crippen LogP contribution >= 0.6 is 0 Å². The van der Waals surface area contributed by atoms with E-state index in [0.29, 0.717) is 13.2 Å². The summed E-state index contributed by atoms with van der Waals surface area (Å²) in [7, 11) is 0. The van der Waals surface area contributed by atoms with Gasteiger partial charge in [0.05, 0.1) is 12.7 Å². The van der Waals surface area contributed by atoms with E-state index in [2.05, 4.69) is 49.6 Å². The molecular formula is C15H22N2O. The van der Waals surface area contributed by atoms with Gasteiger partial charge in [-0.15, -0.1) is 0 Å². The third-order valence-electron chi connectivity index (χ3n) is 3.17. The van der Waals surface area contributed by atoms with Gasteiger partial charge >= 0.3 is 0 Å². The maximum atomic E-state index is 5.71. The van der Waals surface area contributed by atoms with Crippen molar-refractivity contribution < 1.29 is 4.74 Å². The minimum atomic E-state index is 0.257. The van der Waals surface area contributed by atoms with E-state index in [9.17, 15) is 0 Å². The van der Waals surface area contributed by atoms with Crippen LogP contribution in [-0.2, 0) is 24.4 Å². The second kappa shape index (κ2) is 5.55. The third-order valence-corrected chi connectivity index (χ3v) is 3.17. The number of benzene rings is 1. The predicted molar refractivity (Wildman–Crippen MR) is 75.4 cm³/mol. The van der Waals surface area contributed by atoms with Gasteiger partial charge in [0.2, 0.25) is 0 Å². The monoisotopic (exact) mass is 246 g/mol. The second-order valence-electron chi connectivity index (χ2n) is 4.84. The molecule has 0 atom stereocenters. The SMILES string of the molecule is CCn1c(COC(C)C)cc2ccc(CN)cc21. The topological polar surface area (TPSA) is 40.2 Å². The first-order chi connectivity index (χ1) is 8.65. The number of aromatic nitrogens is 1. The lowest BCUT2D eigenvalue weighted by atomic mass is 10.1. The lowest BCUT2D eigenvalue weighted by Gasteiger charge is -2.11. The van der Waals surface area contributed by atoms with Crippen LogP contribution in [0.25, 0.3) is 10.9 Å². The molecule has 0 aliphatic rings. The Balaban J connectivity index is 2.41. The highest BCUT2D eigenvalue weighted by atomic mass is 16.5. The van der Waals surface area contributed by atoms with E-state index >= 15 is 0 Å². The molecule has 98 valence electrons. The van der Waals surface area contributed by atoms with Gasteiger partial charge in [-0.25, -0.2) is 0 Å². The molecule has 0 unspecified atom stereocenters. The summed E-state index contributed by atoms with van der Waals surface area (Å²) in [4.78, 5) is 0. The van der Waals surface area contributed by atoms with Crippen molar-refractivity contribution in [2.75, 3.05) is 0 Å². The van der Waals surface area contributed by atoms with Gasteiger partial charge in [-0.05, 0) is 43.9 Å². The van der Waals surface area contributed by atoms with Crippen LogP contribution in [0.2, 0.25) is 0 Å². The molecule has 0 aliphatic heterocycles. The molecule has 2 rings (SSSR count). The normalized spacial score (nSPS) is 11.6. The first kappa shape index (κ1) is 13.1. The molecule has 0 fully saturated rings. The van der Waals surface area contributed by atoms with Gasteiger partial charge in [0.25, 0.3) is 0 Å². The van der Waals surface area contributed by atoms with Crippen LogP contribution in [0.1, 0.15) is 32.0 Å². The van der Waals surface area contributed by atoms with Gasteiger partial charge < -0.3 is 15.0 Å². The Morgan fingerprint density at radius 2 is 2.06 bits per heavy atom. The largest absolute Gasteiger partial charge is 0.373 e. The van der Waals surface area contributed by atoms with Gasteiger partial charge in [0.15, 0.2) is 0 Å². The quantitative estimate of drug-likeness (QED) is 0.880. The molecule has 1 heterocycles. The molecule has 0 saturated heterocycles. The standard InChI is InChI=1S/C15H22N2O/c1-4-17-14(10-18-11(2)3)8-13-6-5-12(9-16)7-15(13)17/h5-8,11H,4,9-10,16H2,1-3H3. The first-order valence-corrected chi connectivity index (χ1v) is 6.58. The van der Waals surface area contributed by atoms with Crippen LogP contribution in [0.3, 0.4) is 0 Å². The Morgan fingerprint density at radius 3 is 2.67 bits per heavy atom. The van der Waals surface area contributed by atoms with E-state index < -0.39 is 0 Å². The lowest BCUT2D eigenvalue weighted by Crippen LogP contribution is -2.07. The number of aryl methyl sites for hydroxylation is 1. The summed E-state index contributed by atoms with van der Waals surface area (Å²) < 4.78 is 8.01. The predicted octanol–water partition coefficient (Wildman–Crippen LogP) is 3.04. The summed E-state index contributed by atoms with van der Waals surface area (Å²) in [6, 6.07) is 8.62. The van der Waals surface area contributed by atoms with Gasteiger partial charge in [-0.1, -0.05) is 12.1 Å². The van der Waals surface area contributed by atoms with Crippen molar-refractivity contribution in [3.8, 4) is 0 Å². The van der Waals surface area contributed by atoms with Crippen molar-refractivity contribution in [1.82, 2.24) is 4.57 Å². The maximum Gasteiger partial charge on any atom is 0.0871 e. The fourth-order valence-corrected chi connectivity index (χ4v) is 2.23. The number of fused-ring (bicyclic) bond motifs is 1. The Hall–Kier alpha value is -1.32. The fourth-order valence-electron chi connectivity index (χ4n) is 2.23. The van der Waals surface area contributed by atoms with Crippen LogP contribution in [0.4, 0.5) is 0 Å². The molecule has 1 aromatic carbocycles. The Morgan fingerprint density at radius 1 is 1.28 bits per heavy atom. The van der Waals surface area contributed by atoms with Crippen LogP contribution in [0.5, 0.6) is 0 Å². The van der Waals surface area contributed by atoms with E-state index in [0.717, 1.165) is 6.54 Å². The molecule has 0 radical (unpaired) electrons. The summed E-state index contributed by atoms with van der Waals surface area (Å²) in [5.41, 5.74) is 9.36. The number of nitrogens with two attached hydrogens (primary N) is 1. The molecule has 0 bridgehead atoms. The van der Waals surface area contributed by atoms with Gasteiger partial charge in [0.1, 0.15) is 0 Å². The molecule has 18 heavy (non-hydrogen) atoms. The van der Waals surface area contributed by atoms with Crippen LogP contribution in [0.15, 0.2) is 24.3 Å². The van der Waals surface area contributed by atoms with Crippen LogP contribution < -0.4 is 5.73 Å². The molecule has 0 amide bonds. The molecule has 1 aromatic heterocycles. The summed E-state index contributed by atoms with van der Waals surface area (Å²) >= 11 is 0. The smallest absolute Gasteiger partial charge is 0.0871 e. The number of ether oxygens (including phenoxy) is 1. The Kier molecular flexibility index (Phi) is 4.04. The van der Waals surface area contributed by atoms with Gasteiger partial charge in [0, 0.05) is 24.3 Å². The zero-order chi connectivity index (χ0) is 13.1. The number of rotatable bonds is 5. The van der Waals surface area contributed by atoms with Crippen molar-refractivity contribution in [3.05, 3.63) is 35.5 Å². The first-order valence-electron chi connectivity index (χ1n) is 6.58. The third kappa shape index (κ3) is 2.57. The van der Waals surface area contributed by atoms with Gasteiger partial charge in [-0.3, -0.25) is 0 Å². The highest BCUT2D eigenvalue weighted by molar-refractivity contribution is 5.82. The molecule has 0 saturated carbocycles. The fraction of sp³-hybridized carbons (Fsp3) is 0.467. The Labute approximate surface area is 109 Å². The average molecular weight is 246 g/mol. The summed E-state index contributed by atoms with van der Waals surface area (Å²) in [5.74, 6) is 0. The molecule has 3 nitrogen and oxygen atoms in total. The van der Waals surface area contributed by atoms with Gasteiger partial charge in [-0.2, -0.15) is 0 Å². The van der Waals surface area contributed by atoms with Crippen molar-refractivity contribution in [2.45, 2.75) is 46.6 Å². The molecule has 0 spiro atoms. The van der Waals surface area contributed by atoms with Crippen molar-refractivity contribution in [3.63, 3.8) is 0 Å². The number of hydrogen-bond donors (Lipinski definition) is 1. The molecular weight excluding hydrogens is 224 g/mol. The highest BCUT2D eigenvalue weighted by Gasteiger charge is 2.08. The Bertz CT molecular complexity index is 529. The van der Waals surface area contributed by atoms with E-state index in [4.69, 9.17) is 10.5 Å². The lowest BCUT2D eigenvalue weighted by molar-refractivity contribution is 0.0620. The number of hydrogen-bond acceptors (Lipinski definition) is 2. The minimum absolute atomic E-state index is 0.257. The highest BCUT2D eigenvalue weighted by Crippen LogP contribution is 2.22. The molecule has 3 heteroatoms. The van der Waals surface area contributed by atoms with Crippen molar-refractivity contribution in [2.24, 2.45) is 5.73 Å². The van der Waals surface area contributed by atoms with Crippen molar-refractivity contribution >= 4 is 10.9 Å². The van der Waals surface area contributed by atoms with Crippen LogP contribution in [0, 0.1) is 0 Å². The minimum Gasteiger partial charge on any atom is -0.373 e. The molecule has 2 aromatic rings. The summed E-state index contributed by atoms with van der Waals surface area (Å²) in [6.07, 6.45) is 0.257. The molecule has 0 aliphatic carbocycles. The van der Waals surface area contributed by atoms with E-state index in [1.807, 2.05) is 0 Å². The second-order valence-corrected chi connectivity index (χ2v) is 4.84. The maximum absolute atomic E-state index is 5.71. The van der Waals surface area contributed by atoms with E-state index in [1.54, 1.807) is 0 Å². The average Bonchev–Trinajstić information content (AvgIpc) is 2.72. The van der Waals surface area contributed by atoms with Crippen molar-refractivity contribution in [1.29, 1.82) is 0 Å². The van der Waals surface area contributed by atoms with E-state index in [1.165, 1.54) is 22.2 Å². The molecule has 2 N–H and O–H groups in total. The van der Waals surface area contributed by atoms with Crippen LogP contribution in [-0.4, -0.2) is 10.7 Å². The summed E-state index contributed by atoms with van der Waals surface area (Å²) in [6.45, 7) is 8.49. The zero-order valence-corrected chi connectivity index (χ0v) is 11.4. The zero-order valence-electron chi connectivity index (χ0n) is 11.4. The summed E-state index contributed by atoms with van der Waals surface area (Å²) in [5, 5.41) is 1.26. The number of nitrogens with zero attached hydrogens (tertiary/aromatic N) is 1. The van der Waals surface area contributed by atoms with E-state index in [-0.39, 0.29) is 6.10 Å².